The number of aryl methyl sites for hydroxylation is 1. The minimum atomic E-state index is -0.733. The molecule has 1 fully saturated rings. The molecule has 2 amide bonds. The van der Waals surface area contributed by atoms with Gasteiger partial charge in [-0.3, -0.25) is 14.5 Å². The van der Waals surface area contributed by atoms with Gasteiger partial charge in [0.05, 0.1) is 18.5 Å². The Morgan fingerprint density at radius 2 is 1.80 bits per heavy atom. The number of hydrogen-bond donors (Lipinski definition) is 2. The van der Waals surface area contributed by atoms with Crippen molar-refractivity contribution in [1.82, 2.24) is 10.2 Å². The predicted molar refractivity (Wildman–Crippen MR) is 114 cm³/mol. The van der Waals surface area contributed by atoms with Crippen LogP contribution in [0.5, 0.6) is 5.75 Å². The Balaban J connectivity index is 1.41. The van der Waals surface area contributed by atoms with Gasteiger partial charge in [-0.1, -0.05) is 18.2 Å². The van der Waals surface area contributed by atoms with Gasteiger partial charge in [0.15, 0.2) is 0 Å². The van der Waals surface area contributed by atoms with Crippen molar-refractivity contribution >= 4 is 23.2 Å². The number of rotatable bonds is 6. The van der Waals surface area contributed by atoms with Crippen LogP contribution in [0.2, 0.25) is 0 Å². The molecule has 0 aliphatic carbocycles. The first kappa shape index (κ1) is 21.6. The molecule has 0 spiro atoms. The quantitative estimate of drug-likeness (QED) is 0.708. The molecule has 1 saturated heterocycles. The molecule has 0 unspecified atom stereocenters. The van der Waals surface area contributed by atoms with Crippen molar-refractivity contribution in [2.45, 2.75) is 6.92 Å². The molecular weight excluding hydrogens is 387 g/mol. The van der Waals surface area contributed by atoms with Crippen LogP contribution < -0.4 is 20.3 Å². The molecule has 0 atom stereocenters. The zero-order chi connectivity index (χ0) is 21.5. The standard InChI is InChI=1S/C22H27FN4O3/c1-16-7-8-20(30-2)18(15-16)25-22(29)21(28)24-9-10-26-11-13-27(14-12-26)19-6-4-3-5-17(19)23/h3-8,15H,9-14H2,1-2H3,(H,24,28)(H,25,29). The molecule has 8 heteroatoms. The van der Waals surface area contributed by atoms with Crippen molar-refractivity contribution in [3.05, 3.63) is 53.8 Å². The molecule has 3 rings (SSSR count). The van der Waals surface area contributed by atoms with Gasteiger partial charge in [-0.2, -0.15) is 0 Å². The average Bonchev–Trinajstić information content (AvgIpc) is 2.75. The van der Waals surface area contributed by atoms with Crippen LogP contribution in [0.15, 0.2) is 42.5 Å². The highest BCUT2D eigenvalue weighted by Crippen LogP contribution is 2.25. The fourth-order valence-electron chi connectivity index (χ4n) is 3.43. The number of carbonyl (C=O) groups is 2. The maximum absolute atomic E-state index is 13.9. The number of hydrogen-bond acceptors (Lipinski definition) is 5. The molecule has 1 heterocycles. The third-order valence-electron chi connectivity index (χ3n) is 5.09. The number of para-hydroxylation sites is 1. The largest absolute Gasteiger partial charge is 0.495 e. The maximum atomic E-state index is 13.9. The molecule has 1 aliphatic heterocycles. The summed E-state index contributed by atoms with van der Waals surface area (Å²) >= 11 is 0. The van der Waals surface area contributed by atoms with Gasteiger partial charge in [0.1, 0.15) is 11.6 Å². The summed E-state index contributed by atoms with van der Waals surface area (Å²) in [5, 5.41) is 5.24. The molecule has 1 aliphatic rings. The Hall–Kier alpha value is -3.13. The van der Waals surface area contributed by atoms with Crippen molar-refractivity contribution < 1.29 is 18.7 Å². The van der Waals surface area contributed by atoms with Crippen LogP contribution in [0, 0.1) is 12.7 Å². The van der Waals surface area contributed by atoms with Gasteiger partial charge in [0.25, 0.3) is 0 Å². The Morgan fingerprint density at radius 1 is 1.07 bits per heavy atom. The SMILES string of the molecule is COc1ccc(C)cc1NC(=O)C(=O)NCCN1CCN(c2ccccc2F)CC1. The monoisotopic (exact) mass is 414 g/mol. The molecule has 2 N–H and O–H groups in total. The highest BCUT2D eigenvalue weighted by Gasteiger charge is 2.20. The number of halogens is 1. The lowest BCUT2D eigenvalue weighted by molar-refractivity contribution is -0.136. The van der Waals surface area contributed by atoms with Gasteiger partial charge in [-0.15, -0.1) is 0 Å². The summed E-state index contributed by atoms with van der Waals surface area (Å²) in [4.78, 5) is 28.5. The fourth-order valence-corrected chi connectivity index (χ4v) is 3.43. The first-order valence-electron chi connectivity index (χ1n) is 9.93. The van der Waals surface area contributed by atoms with Crippen molar-refractivity contribution in [2.24, 2.45) is 0 Å². The van der Waals surface area contributed by atoms with Crippen LogP contribution >= 0.6 is 0 Å². The van der Waals surface area contributed by atoms with E-state index in [0.717, 1.165) is 18.7 Å². The Labute approximate surface area is 175 Å². The number of ether oxygens (including phenoxy) is 1. The van der Waals surface area contributed by atoms with E-state index in [1.807, 2.05) is 24.0 Å². The molecule has 2 aromatic rings. The van der Waals surface area contributed by atoms with Crippen LogP contribution in [0.4, 0.5) is 15.8 Å². The fraction of sp³-hybridized carbons (Fsp3) is 0.364. The minimum Gasteiger partial charge on any atom is -0.495 e. The Bertz CT molecular complexity index is 898. The number of piperazine rings is 1. The Kier molecular flexibility index (Phi) is 7.24. The smallest absolute Gasteiger partial charge is 0.313 e. The van der Waals surface area contributed by atoms with Gasteiger partial charge in [-0.25, -0.2) is 4.39 Å². The minimum absolute atomic E-state index is 0.213. The predicted octanol–water partition coefficient (Wildman–Crippen LogP) is 2.02. The van der Waals surface area contributed by atoms with Crippen LogP contribution in [-0.2, 0) is 9.59 Å². The van der Waals surface area contributed by atoms with Crippen LogP contribution in [-0.4, -0.2) is 63.1 Å². The number of carbonyl (C=O) groups excluding carboxylic acids is 2. The lowest BCUT2D eigenvalue weighted by atomic mass is 10.2. The number of amides is 2. The normalized spacial score (nSPS) is 14.3. The summed E-state index contributed by atoms with van der Waals surface area (Å²) in [6.45, 7) is 5.81. The summed E-state index contributed by atoms with van der Waals surface area (Å²) < 4.78 is 19.1. The third-order valence-corrected chi connectivity index (χ3v) is 5.09. The van der Waals surface area contributed by atoms with Gasteiger partial charge < -0.3 is 20.3 Å². The van der Waals surface area contributed by atoms with Crippen molar-refractivity contribution in [2.75, 3.05) is 56.6 Å². The molecule has 0 radical (unpaired) electrons. The van der Waals surface area contributed by atoms with Gasteiger partial charge in [0.2, 0.25) is 0 Å². The molecule has 160 valence electrons. The van der Waals surface area contributed by atoms with Crippen molar-refractivity contribution in [3.8, 4) is 5.75 Å². The molecule has 30 heavy (non-hydrogen) atoms. The lowest BCUT2D eigenvalue weighted by Crippen LogP contribution is -2.49. The lowest BCUT2D eigenvalue weighted by Gasteiger charge is -2.36. The number of benzene rings is 2. The summed E-state index contributed by atoms with van der Waals surface area (Å²) in [5.41, 5.74) is 2.02. The molecule has 0 bridgehead atoms. The molecule has 7 nitrogen and oxygen atoms in total. The molecular formula is C22H27FN4O3. The maximum Gasteiger partial charge on any atom is 0.313 e. The summed E-state index contributed by atoms with van der Waals surface area (Å²) in [5.74, 6) is -1.14. The van der Waals surface area contributed by atoms with Crippen LogP contribution in [0.25, 0.3) is 0 Å². The first-order valence-corrected chi connectivity index (χ1v) is 9.93. The van der Waals surface area contributed by atoms with Gasteiger partial charge in [0, 0.05) is 39.3 Å². The van der Waals surface area contributed by atoms with E-state index in [1.165, 1.54) is 13.2 Å². The van der Waals surface area contributed by atoms with E-state index in [0.29, 0.717) is 43.3 Å². The second-order valence-electron chi connectivity index (χ2n) is 7.19. The van der Waals surface area contributed by atoms with Gasteiger partial charge >= 0.3 is 11.8 Å². The summed E-state index contributed by atoms with van der Waals surface area (Å²) in [6.07, 6.45) is 0. The molecule has 2 aromatic carbocycles. The van der Waals surface area contributed by atoms with E-state index < -0.39 is 11.8 Å². The van der Waals surface area contributed by atoms with Crippen molar-refractivity contribution in [1.29, 1.82) is 0 Å². The van der Waals surface area contributed by atoms with E-state index >= 15 is 0 Å². The second-order valence-corrected chi connectivity index (χ2v) is 7.19. The highest BCUT2D eigenvalue weighted by molar-refractivity contribution is 6.39. The van der Waals surface area contributed by atoms with E-state index in [-0.39, 0.29) is 5.82 Å². The number of methoxy groups -OCH3 is 1. The third kappa shape index (κ3) is 5.48. The summed E-state index contributed by atoms with van der Waals surface area (Å²) in [7, 11) is 1.51. The number of anilines is 2. The number of nitrogens with one attached hydrogen (secondary N) is 2. The first-order chi connectivity index (χ1) is 14.5. The summed E-state index contributed by atoms with van der Waals surface area (Å²) in [6, 6.07) is 12.1. The van der Waals surface area contributed by atoms with E-state index in [2.05, 4.69) is 15.5 Å². The number of nitrogens with zero attached hydrogens (tertiary/aromatic N) is 2. The Morgan fingerprint density at radius 3 is 2.50 bits per heavy atom. The van der Waals surface area contributed by atoms with E-state index in [9.17, 15) is 14.0 Å². The van der Waals surface area contributed by atoms with Crippen molar-refractivity contribution in [3.63, 3.8) is 0 Å². The van der Waals surface area contributed by atoms with Gasteiger partial charge in [-0.05, 0) is 36.8 Å². The highest BCUT2D eigenvalue weighted by atomic mass is 19.1. The zero-order valence-corrected chi connectivity index (χ0v) is 17.3. The zero-order valence-electron chi connectivity index (χ0n) is 17.3. The topological polar surface area (TPSA) is 73.9 Å². The average molecular weight is 414 g/mol. The van der Waals surface area contributed by atoms with Crippen LogP contribution in [0.3, 0.4) is 0 Å². The van der Waals surface area contributed by atoms with E-state index in [1.54, 1.807) is 24.3 Å². The van der Waals surface area contributed by atoms with E-state index in [4.69, 9.17) is 4.74 Å². The second kappa shape index (κ2) is 10.1. The molecule has 0 aromatic heterocycles. The van der Waals surface area contributed by atoms with Crippen LogP contribution in [0.1, 0.15) is 5.56 Å². The molecule has 0 saturated carbocycles.